The molecule has 22 heavy (non-hydrogen) atoms. The number of carbonyl (C=O) groups is 1. The van der Waals surface area contributed by atoms with Gasteiger partial charge in [0.1, 0.15) is 11.4 Å². The fourth-order valence-electron chi connectivity index (χ4n) is 1.86. The second-order valence-electron chi connectivity index (χ2n) is 5.99. The van der Waals surface area contributed by atoms with Gasteiger partial charge >= 0.3 is 6.09 Å². The zero-order valence-electron chi connectivity index (χ0n) is 13.3. The molecule has 0 saturated heterocycles. The number of ether oxygens (including phenoxy) is 1. The number of rotatable bonds is 6. The summed E-state index contributed by atoms with van der Waals surface area (Å²) in [6.45, 7) is 5.10. The highest BCUT2D eigenvalue weighted by Crippen LogP contribution is 2.14. The molecule has 1 rings (SSSR count). The Labute approximate surface area is 131 Å². The molecular weight excluding hydrogens is 285 g/mol. The molecule has 5 heteroatoms. The Morgan fingerprint density at radius 2 is 2.00 bits per heavy atom. The third kappa shape index (κ3) is 7.22. The van der Waals surface area contributed by atoms with Crippen LogP contribution in [0.5, 0.6) is 0 Å². The van der Waals surface area contributed by atoms with Gasteiger partial charge in [0.2, 0.25) is 0 Å². The number of alkyl carbamates (subject to hydrolysis) is 1. The molecule has 0 aliphatic carbocycles. The molecule has 0 unspecified atom stereocenters. The van der Waals surface area contributed by atoms with Gasteiger partial charge in [-0.15, -0.1) is 0 Å². The molecule has 0 aliphatic heterocycles. The number of aliphatic hydroxyl groups excluding tert-OH is 1. The van der Waals surface area contributed by atoms with E-state index in [4.69, 9.17) is 9.84 Å². The molecule has 1 aromatic carbocycles. The third-order valence-corrected chi connectivity index (χ3v) is 2.77. The van der Waals surface area contributed by atoms with E-state index in [1.54, 1.807) is 20.8 Å². The van der Waals surface area contributed by atoms with Crippen molar-refractivity contribution in [2.75, 3.05) is 6.61 Å². The first-order valence-electron chi connectivity index (χ1n) is 7.31. The topological polar surface area (TPSA) is 58.6 Å². The monoisotopic (exact) mass is 309 g/mol. The molecule has 122 valence electrons. The largest absolute Gasteiger partial charge is 0.444 e. The molecule has 0 aromatic heterocycles. The predicted molar refractivity (Wildman–Crippen MR) is 84.2 cm³/mol. The maximum atomic E-state index is 14.2. The molecule has 1 aromatic rings. The van der Waals surface area contributed by atoms with Crippen LogP contribution in [0, 0.1) is 0 Å². The van der Waals surface area contributed by atoms with E-state index in [1.165, 1.54) is 6.08 Å². The number of halogens is 1. The molecule has 0 spiro atoms. The summed E-state index contributed by atoms with van der Waals surface area (Å²) in [6, 6.07) is 8.50. The fraction of sp³-hybridized carbons (Fsp3) is 0.471. The quantitative estimate of drug-likeness (QED) is 0.847. The van der Waals surface area contributed by atoms with Crippen LogP contribution in [-0.2, 0) is 11.2 Å². The number of aliphatic hydroxyl groups is 1. The summed E-state index contributed by atoms with van der Waals surface area (Å²) in [5.74, 6) is -0.483. The van der Waals surface area contributed by atoms with Crippen molar-refractivity contribution >= 4 is 6.09 Å². The highest BCUT2D eigenvalue weighted by molar-refractivity contribution is 5.68. The van der Waals surface area contributed by atoms with Gasteiger partial charge in [-0.25, -0.2) is 9.18 Å². The predicted octanol–water partition coefficient (Wildman–Crippen LogP) is 3.36. The Hall–Kier alpha value is -1.88. The summed E-state index contributed by atoms with van der Waals surface area (Å²) >= 11 is 0. The first-order valence-corrected chi connectivity index (χ1v) is 7.31. The molecule has 0 aliphatic rings. The van der Waals surface area contributed by atoms with E-state index >= 15 is 0 Å². The van der Waals surface area contributed by atoms with Crippen LogP contribution >= 0.6 is 0 Å². The van der Waals surface area contributed by atoms with Crippen LogP contribution in [0.25, 0.3) is 0 Å². The smallest absolute Gasteiger partial charge is 0.408 e. The molecule has 0 heterocycles. The second kappa shape index (κ2) is 8.54. The van der Waals surface area contributed by atoms with Crippen molar-refractivity contribution < 1.29 is 19.0 Å². The van der Waals surface area contributed by atoms with Crippen molar-refractivity contribution in [3.63, 3.8) is 0 Å². The number of amides is 1. The van der Waals surface area contributed by atoms with Crippen LogP contribution < -0.4 is 5.32 Å². The molecule has 2 N–H and O–H groups in total. The number of hydrogen-bond acceptors (Lipinski definition) is 3. The van der Waals surface area contributed by atoms with E-state index in [-0.39, 0.29) is 13.0 Å². The van der Waals surface area contributed by atoms with Gasteiger partial charge < -0.3 is 15.2 Å². The molecule has 4 nitrogen and oxygen atoms in total. The van der Waals surface area contributed by atoms with Gasteiger partial charge in [0.25, 0.3) is 0 Å². The average molecular weight is 309 g/mol. The van der Waals surface area contributed by atoms with E-state index in [1.807, 2.05) is 30.3 Å². The molecule has 0 radical (unpaired) electrons. The van der Waals surface area contributed by atoms with Gasteiger partial charge in [-0.1, -0.05) is 30.3 Å². The first-order chi connectivity index (χ1) is 10.3. The van der Waals surface area contributed by atoms with Crippen LogP contribution in [0.4, 0.5) is 9.18 Å². The lowest BCUT2D eigenvalue weighted by Gasteiger charge is -2.23. The van der Waals surface area contributed by atoms with Gasteiger partial charge in [0, 0.05) is 6.61 Å². The van der Waals surface area contributed by atoms with Crippen molar-refractivity contribution in [1.82, 2.24) is 5.32 Å². The maximum absolute atomic E-state index is 14.2. The van der Waals surface area contributed by atoms with E-state index < -0.39 is 23.6 Å². The van der Waals surface area contributed by atoms with E-state index in [0.717, 1.165) is 5.56 Å². The normalized spacial score (nSPS) is 13.6. The number of benzene rings is 1. The average Bonchev–Trinajstić information content (AvgIpc) is 2.43. The van der Waals surface area contributed by atoms with Crippen molar-refractivity contribution in [2.24, 2.45) is 0 Å². The summed E-state index contributed by atoms with van der Waals surface area (Å²) in [7, 11) is 0. The minimum absolute atomic E-state index is 0.141. The lowest BCUT2D eigenvalue weighted by atomic mass is 10.0. The standard InChI is InChI=1S/C17H24FNO3/c1-17(2,3)22-16(21)19-15(14(18)10-7-11-20)12-13-8-5-4-6-9-13/h4-6,8-10,15,20H,7,11-12H2,1-3H3,(H,19,21)/b14-10+/t15-/m1/s1. The lowest BCUT2D eigenvalue weighted by Crippen LogP contribution is -2.40. The molecule has 0 fully saturated rings. The SMILES string of the molecule is CC(C)(C)OC(=O)N[C@H](Cc1ccccc1)/C(F)=C\CCO. The molecule has 0 bridgehead atoms. The first kappa shape index (κ1) is 18.2. The molecular formula is C17H24FNO3. The number of hydrogen-bond donors (Lipinski definition) is 2. The van der Waals surface area contributed by atoms with Crippen molar-refractivity contribution in [3.8, 4) is 0 Å². The van der Waals surface area contributed by atoms with Gasteiger partial charge in [-0.2, -0.15) is 0 Å². The zero-order valence-corrected chi connectivity index (χ0v) is 13.3. The van der Waals surface area contributed by atoms with Gasteiger partial charge in [0.05, 0.1) is 6.04 Å². The van der Waals surface area contributed by atoms with Crippen LogP contribution in [-0.4, -0.2) is 29.4 Å². The van der Waals surface area contributed by atoms with Crippen LogP contribution in [0.1, 0.15) is 32.8 Å². The zero-order chi connectivity index (χ0) is 16.6. The van der Waals surface area contributed by atoms with Crippen molar-refractivity contribution in [3.05, 3.63) is 47.8 Å². The Morgan fingerprint density at radius 1 is 1.36 bits per heavy atom. The van der Waals surface area contributed by atoms with E-state index in [9.17, 15) is 9.18 Å². The summed E-state index contributed by atoms with van der Waals surface area (Å²) in [4.78, 5) is 11.9. The Bertz CT molecular complexity index is 494. The minimum atomic E-state index is -0.816. The third-order valence-electron chi connectivity index (χ3n) is 2.77. The van der Waals surface area contributed by atoms with Crippen LogP contribution in [0.2, 0.25) is 0 Å². The van der Waals surface area contributed by atoms with Gasteiger partial charge in [-0.3, -0.25) is 0 Å². The summed E-state index contributed by atoms with van der Waals surface area (Å²) in [5, 5.41) is 11.3. The number of nitrogens with one attached hydrogen (secondary N) is 1. The summed E-state index contributed by atoms with van der Waals surface area (Å²) < 4.78 is 19.4. The second-order valence-corrected chi connectivity index (χ2v) is 5.99. The number of carbonyl (C=O) groups excluding carboxylic acids is 1. The van der Waals surface area contributed by atoms with Gasteiger partial charge in [-0.05, 0) is 45.3 Å². The Morgan fingerprint density at radius 3 is 2.55 bits per heavy atom. The Balaban J connectivity index is 2.80. The van der Waals surface area contributed by atoms with Crippen molar-refractivity contribution in [2.45, 2.75) is 45.3 Å². The highest BCUT2D eigenvalue weighted by atomic mass is 19.1. The lowest BCUT2D eigenvalue weighted by molar-refractivity contribution is 0.0506. The summed E-state index contributed by atoms with van der Waals surface area (Å²) in [6.07, 6.45) is 1.13. The Kier molecular flexibility index (Phi) is 7.05. The molecule has 0 saturated carbocycles. The van der Waals surface area contributed by atoms with Crippen LogP contribution in [0.15, 0.2) is 42.2 Å². The molecule has 1 amide bonds. The minimum Gasteiger partial charge on any atom is -0.444 e. The van der Waals surface area contributed by atoms with Crippen LogP contribution in [0.3, 0.4) is 0 Å². The van der Waals surface area contributed by atoms with Crippen molar-refractivity contribution in [1.29, 1.82) is 0 Å². The summed E-state index contributed by atoms with van der Waals surface area (Å²) in [5.41, 5.74) is 0.253. The fourth-order valence-corrected chi connectivity index (χ4v) is 1.86. The highest BCUT2D eigenvalue weighted by Gasteiger charge is 2.22. The van der Waals surface area contributed by atoms with Gasteiger partial charge in [0.15, 0.2) is 0 Å². The molecule has 1 atom stereocenters. The maximum Gasteiger partial charge on any atom is 0.408 e. The van der Waals surface area contributed by atoms with E-state index in [0.29, 0.717) is 6.42 Å². The van der Waals surface area contributed by atoms with E-state index in [2.05, 4.69) is 5.32 Å².